The predicted molar refractivity (Wildman–Crippen MR) is 47.5 cm³/mol. The molecule has 80 valence electrons. The van der Waals surface area contributed by atoms with E-state index in [0.717, 1.165) is 0 Å². The Morgan fingerprint density at radius 1 is 1.71 bits per heavy atom. The van der Waals surface area contributed by atoms with Crippen LogP contribution in [-0.2, 0) is 33.4 Å². The molecular formula is C6H11N3O4S. The molecule has 1 N–H and O–H groups in total. The smallest absolute Gasteiger partial charge is 0.301 e. The Balaban J connectivity index is 2.32. The van der Waals surface area contributed by atoms with E-state index in [1.807, 2.05) is 0 Å². The van der Waals surface area contributed by atoms with Crippen LogP contribution in [0.15, 0.2) is 6.20 Å². The van der Waals surface area contributed by atoms with Crippen LogP contribution in [0, 0.1) is 0 Å². The number of nitrogens with zero attached hydrogens (tertiary/aromatic N) is 3. The highest BCUT2D eigenvalue weighted by molar-refractivity contribution is 7.74. The normalized spacial score (nSPS) is 13.0. The maximum atomic E-state index is 10.1. The second-order valence-corrected chi connectivity index (χ2v) is 3.11. The minimum atomic E-state index is -2.22. The van der Waals surface area contributed by atoms with E-state index in [-0.39, 0.29) is 6.61 Å². The van der Waals surface area contributed by atoms with Crippen molar-refractivity contribution in [2.45, 2.75) is 13.2 Å². The summed E-state index contributed by atoms with van der Waals surface area (Å²) in [7, 11) is 1.57. The Hall–Kier alpha value is -0.830. The van der Waals surface area contributed by atoms with Crippen molar-refractivity contribution in [2.24, 2.45) is 0 Å². The van der Waals surface area contributed by atoms with Crippen molar-refractivity contribution in [1.29, 1.82) is 0 Å². The molecule has 1 heterocycles. The molecule has 0 saturated heterocycles. The van der Waals surface area contributed by atoms with E-state index in [1.165, 1.54) is 4.68 Å². The van der Waals surface area contributed by atoms with E-state index in [9.17, 15) is 4.21 Å². The van der Waals surface area contributed by atoms with Gasteiger partial charge in [-0.25, -0.2) is 4.68 Å². The van der Waals surface area contributed by atoms with Gasteiger partial charge in [0, 0.05) is 7.11 Å². The number of ether oxygens (including phenoxy) is 1. The van der Waals surface area contributed by atoms with Crippen LogP contribution in [-0.4, -0.2) is 37.5 Å². The summed E-state index contributed by atoms with van der Waals surface area (Å²) >= 11 is -2.22. The van der Waals surface area contributed by atoms with Gasteiger partial charge in [-0.15, -0.1) is 5.10 Å². The lowest BCUT2D eigenvalue weighted by Gasteiger charge is -1.97. The van der Waals surface area contributed by atoms with Gasteiger partial charge in [0.2, 0.25) is 0 Å². The Bertz CT molecular complexity index is 303. The first kappa shape index (κ1) is 11.2. The molecule has 7 nitrogen and oxygen atoms in total. The van der Waals surface area contributed by atoms with Gasteiger partial charge in [0.25, 0.3) is 0 Å². The molecule has 1 atom stereocenters. The Labute approximate surface area is 83.5 Å². The average Bonchev–Trinajstić information content (AvgIpc) is 2.53. The number of hydrogen-bond donors (Lipinski definition) is 1. The monoisotopic (exact) mass is 221 g/mol. The van der Waals surface area contributed by atoms with Crippen LogP contribution in [0.5, 0.6) is 0 Å². The number of hydrogen-bond acceptors (Lipinski definition) is 5. The molecule has 8 heteroatoms. The van der Waals surface area contributed by atoms with Crippen molar-refractivity contribution < 1.29 is 17.7 Å². The van der Waals surface area contributed by atoms with Crippen LogP contribution in [0.4, 0.5) is 0 Å². The Morgan fingerprint density at radius 2 is 2.50 bits per heavy atom. The zero-order chi connectivity index (χ0) is 10.4. The van der Waals surface area contributed by atoms with E-state index in [0.29, 0.717) is 18.8 Å². The number of rotatable bonds is 6. The first-order valence-corrected chi connectivity index (χ1v) is 4.87. The maximum Gasteiger partial charge on any atom is 0.301 e. The molecule has 1 aromatic rings. The second kappa shape index (κ2) is 5.81. The number of aromatic nitrogens is 3. The number of methoxy groups -OCH3 is 1. The summed E-state index contributed by atoms with van der Waals surface area (Å²) in [6, 6.07) is 0. The third-order valence-electron chi connectivity index (χ3n) is 1.38. The van der Waals surface area contributed by atoms with Crippen LogP contribution in [0.1, 0.15) is 5.69 Å². The van der Waals surface area contributed by atoms with Gasteiger partial charge in [-0.1, -0.05) is 5.21 Å². The zero-order valence-electron chi connectivity index (χ0n) is 7.62. The molecule has 1 rings (SSSR count). The van der Waals surface area contributed by atoms with E-state index >= 15 is 0 Å². The highest BCUT2D eigenvalue weighted by Crippen LogP contribution is 1.94. The molecule has 0 amide bonds. The SMILES string of the molecule is COCc1cn(CCOS(=O)O)nn1. The summed E-state index contributed by atoms with van der Waals surface area (Å²) < 4.78 is 29.2. The third kappa shape index (κ3) is 3.92. The lowest BCUT2D eigenvalue weighted by atomic mass is 10.5. The molecule has 0 aliphatic carbocycles. The molecule has 0 saturated carbocycles. The predicted octanol–water partition coefficient (Wildman–Crippen LogP) is -0.422. The molecule has 0 aliphatic rings. The molecule has 0 radical (unpaired) electrons. The molecular weight excluding hydrogens is 210 g/mol. The van der Waals surface area contributed by atoms with Crippen LogP contribution < -0.4 is 0 Å². The minimum absolute atomic E-state index is 0.110. The fourth-order valence-corrected chi connectivity index (χ4v) is 1.08. The summed E-state index contributed by atoms with van der Waals surface area (Å²) in [5, 5.41) is 7.56. The minimum Gasteiger partial charge on any atom is -0.378 e. The van der Waals surface area contributed by atoms with Gasteiger partial charge >= 0.3 is 11.4 Å². The molecule has 0 spiro atoms. The van der Waals surface area contributed by atoms with Crippen molar-refractivity contribution in [1.82, 2.24) is 15.0 Å². The largest absolute Gasteiger partial charge is 0.378 e. The van der Waals surface area contributed by atoms with Gasteiger partial charge in [-0.3, -0.25) is 8.74 Å². The summed E-state index contributed by atoms with van der Waals surface area (Å²) in [5.74, 6) is 0. The quantitative estimate of drug-likeness (QED) is 0.656. The molecule has 0 fully saturated rings. The second-order valence-electron chi connectivity index (χ2n) is 2.45. The molecule has 0 bridgehead atoms. The third-order valence-corrected chi connectivity index (χ3v) is 1.75. The highest BCUT2D eigenvalue weighted by Gasteiger charge is 2.00. The van der Waals surface area contributed by atoms with Crippen molar-refractivity contribution in [3.8, 4) is 0 Å². The molecule has 0 aromatic carbocycles. The van der Waals surface area contributed by atoms with E-state index in [2.05, 4.69) is 14.5 Å². The standard InChI is InChI=1S/C6H11N3O4S/c1-12-5-6-4-9(8-7-6)2-3-13-14(10)11/h4H,2-3,5H2,1H3,(H,10,11). The van der Waals surface area contributed by atoms with Gasteiger partial charge in [0.1, 0.15) is 5.69 Å². The van der Waals surface area contributed by atoms with E-state index in [1.54, 1.807) is 13.3 Å². The summed E-state index contributed by atoms with van der Waals surface area (Å²) in [6.07, 6.45) is 1.69. The van der Waals surface area contributed by atoms with Gasteiger partial charge in [0.05, 0.1) is 26.0 Å². The topological polar surface area (TPSA) is 86.5 Å². The van der Waals surface area contributed by atoms with Crippen LogP contribution in [0.3, 0.4) is 0 Å². The molecule has 0 aliphatic heterocycles. The van der Waals surface area contributed by atoms with Crippen molar-refractivity contribution in [3.05, 3.63) is 11.9 Å². The Kier molecular flexibility index (Phi) is 4.66. The van der Waals surface area contributed by atoms with Gasteiger partial charge in [-0.2, -0.15) is 4.21 Å². The lowest BCUT2D eigenvalue weighted by Crippen LogP contribution is -2.07. The maximum absolute atomic E-state index is 10.1. The first-order valence-electron chi connectivity index (χ1n) is 3.84. The molecule has 1 aromatic heterocycles. The summed E-state index contributed by atoms with van der Waals surface area (Å²) in [4.78, 5) is 0. The van der Waals surface area contributed by atoms with E-state index in [4.69, 9.17) is 9.29 Å². The lowest BCUT2D eigenvalue weighted by molar-refractivity contribution is 0.181. The van der Waals surface area contributed by atoms with Crippen molar-refractivity contribution in [3.63, 3.8) is 0 Å². The zero-order valence-corrected chi connectivity index (χ0v) is 8.44. The van der Waals surface area contributed by atoms with Crippen molar-refractivity contribution in [2.75, 3.05) is 13.7 Å². The summed E-state index contributed by atoms with van der Waals surface area (Å²) in [5.41, 5.74) is 0.706. The fourth-order valence-electron chi connectivity index (χ4n) is 0.864. The Morgan fingerprint density at radius 3 is 3.14 bits per heavy atom. The van der Waals surface area contributed by atoms with Crippen molar-refractivity contribution >= 4 is 11.4 Å². The average molecular weight is 221 g/mol. The van der Waals surface area contributed by atoms with Crippen LogP contribution in [0.2, 0.25) is 0 Å². The van der Waals surface area contributed by atoms with Crippen LogP contribution in [0.25, 0.3) is 0 Å². The van der Waals surface area contributed by atoms with Gasteiger partial charge in [-0.05, 0) is 0 Å². The molecule has 1 unspecified atom stereocenters. The molecule has 14 heavy (non-hydrogen) atoms. The fraction of sp³-hybridized carbons (Fsp3) is 0.667. The van der Waals surface area contributed by atoms with E-state index < -0.39 is 11.4 Å². The van der Waals surface area contributed by atoms with Gasteiger partial charge < -0.3 is 4.74 Å². The first-order chi connectivity index (χ1) is 6.72. The van der Waals surface area contributed by atoms with Gasteiger partial charge in [0.15, 0.2) is 0 Å². The summed E-state index contributed by atoms with van der Waals surface area (Å²) in [6.45, 7) is 0.884. The van der Waals surface area contributed by atoms with Crippen LogP contribution >= 0.6 is 0 Å². The highest BCUT2D eigenvalue weighted by atomic mass is 32.2.